The van der Waals surface area contributed by atoms with Crippen molar-refractivity contribution in [1.82, 2.24) is 9.80 Å². The molecule has 1 unspecified atom stereocenters. The molecule has 5 heteroatoms. The van der Waals surface area contributed by atoms with E-state index in [1.54, 1.807) is 11.9 Å². The standard InChI is InChI=1S/C20H30N2O3/c1-4-16-5-7-17(8-6-16)15(2)13-19(24)21(3)14-20(25)22-11-9-18(23)10-12-22/h5-8,15,18,23H,4,9-14H2,1-3H3. The fourth-order valence-electron chi connectivity index (χ4n) is 3.12. The number of aryl methyl sites for hydroxylation is 1. The highest BCUT2D eigenvalue weighted by Gasteiger charge is 2.24. The van der Waals surface area contributed by atoms with Gasteiger partial charge in [0, 0.05) is 26.6 Å². The van der Waals surface area contributed by atoms with Crippen LogP contribution in [0.2, 0.25) is 0 Å². The largest absolute Gasteiger partial charge is 0.393 e. The molecule has 2 rings (SSSR count). The molecule has 2 amide bonds. The van der Waals surface area contributed by atoms with Crippen molar-refractivity contribution in [3.63, 3.8) is 0 Å². The van der Waals surface area contributed by atoms with Gasteiger partial charge in [-0.15, -0.1) is 0 Å². The van der Waals surface area contributed by atoms with Crippen molar-refractivity contribution in [2.75, 3.05) is 26.7 Å². The Labute approximate surface area is 150 Å². The van der Waals surface area contributed by atoms with Gasteiger partial charge in [0.15, 0.2) is 0 Å². The van der Waals surface area contributed by atoms with Crippen molar-refractivity contribution in [2.45, 2.75) is 51.6 Å². The number of benzene rings is 1. The lowest BCUT2D eigenvalue weighted by Crippen LogP contribution is -2.45. The number of hydrogen-bond acceptors (Lipinski definition) is 3. The van der Waals surface area contributed by atoms with Gasteiger partial charge in [0.1, 0.15) is 0 Å². The zero-order chi connectivity index (χ0) is 18.4. The number of likely N-dealkylation sites (N-methyl/N-ethyl adjacent to an activating group) is 1. The molecular weight excluding hydrogens is 316 g/mol. The first-order chi connectivity index (χ1) is 11.9. The zero-order valence-corrected chi connectivity index (χ0v) is 15.6. The summed E-state index contributed by atoms with van der Waals surface area (Å²) in [5, 5.41) is 9.52. The molecule has 0 saturated carbocycles. The normalized spacial score (nSPS) is 16.6. The second kappa shape index (κ2) is 8.99. The quantitative estimate of drug-likeness (QED) is 0.859. The molecule has 0 spiro atoms. The van der Waals surface area contributed by atoms with E-state index in [1.165, 1.54) is 10.5 Å². The van der Waals surface area contributed by atoms with E-state index in [4.69, 9.17) is 0 Å². The van der Waals surface area contributed by atoms with Gasteiger partial charge in [0.2, 0.25) is 11.8 Å². The number of rotatable bonds is 6. The minimum atomic E-state index is -0.302. The Kier molecular flexibility index (Phi) is 7.00. The van der Waals surface area contributed by atoms with Gasteiger partial charge in [-0.2, -0.15) is 0 Å². The number of carbonyl (C=O) groups is 2. The van der Waals surface area contributed by atoms with Crippen molar-refractivity contribution in [2.24, 2.45) is 0 Å². The molecule has 1 heterocycles. The summed E-state index contributed by atoms with van der Waals surface area (Å²) < 4.78 is 0. The summed E-state index contributed by atoms with van der Waals surface area (Å²) in [4.78, 5) is 28.0. The van der Waals surface area contributed by atoms with Crippen LogP contribution in [0.5, 0.6) is 0 Å². The Hall–Kier alpha value is -1.88. The van der Waals surface area contributed by atoms with Crippen molar-refractivity contribution < 1.29 is 14.7 Å². The highest BCUT2D eigenvalue weighted by atomic mass is 16.3. The van der Waals surface area contributed by atoms with Crippen LogP contribution in [0.25, 0.3) is 0 Å². The molecule has 1 aromatic rings. The molecule has 0 aliphatic carbocycles. The fraction of sp³-hybridized carbons (Fsp3) is 0.600. The van der Waals surface area contributed by atoms with Gasteiger partial charge in [-0.25, -0.2) is 0 Å². The third-order valence-corrected chi connectivity index (χ3v) is 5.05. The van der Waals surface area contributed by atoms with Gasteiger partial charge >= 0.3 is 0 Å². The summed E-state index contributed by atoms with van der Waals surface area (Å²) in [5.41, 5.74) is 2.44. The lowest BCUT2D eigenvalue weighted by atomic mass is 9.96. The molecule has 0 radical (unpaired) electrons. The Morgan fingerprint density at radius 1 is 1.24 bits per heavy atom. The summed E-state index contributed by atoms with van der Waals surface area (Å²) in [5.74, 6) is 0.0706. The second-order valence-electron chi connectivity index (χ2n) is 7.06. The predicted octanol–water partition coefficient (Wildman–Crippen LogP) is 2.18. The monoisotopic (exact) mass is 346 g/mol. The van der Waals surface area contributed by atoms with E-state index in [9.17, 15) is 14.7 Å². The minimum Gasteiger partial charge on any atom is -0.393 e. The number of likely N-dealkylation sites (tertiary alicyclic amines) is 1. The summed E-state index contributed by atoms with van der Waals surface area (Å²) in [6.45, 7) is 5.42. The Bertz CT molecular complexity index is 577. The molecular formula is C20H30N2O3. The van der Waals surface area contributed by atoms with E-state index in [2.05, 4.69) is 31.2 Å². The molecule has 1 aromatic carbocycles. The van der Waals surface area contributed by atoms with Crippen LogP contribution in [0.15, 0.2) is 24.3 Å². The molecule has 0 bridgehead atoms. The fourth-order valence-corrected chi connectivity index (χ4v) is 3.12. The molecule has 5 nitrogen and oxygen atoms in total. The van der Waals surface area contributed by atoms with Crippen molar-refractivity contribution in [3.8, 4) is 0 Å². The first kappa shape index (κ1) is 19.4. The van der Waals surface area contributed by atoms with E-state index in [0.29, 0.717) is 32.4 Å². The van der Waals surface area contributed by atoms with Gasteiger partial charge in [0.05, 0.1) is 12.6 Å². The molecule has 1 aliphatic heterocycles. The van der Waals surface area contributed by atoms with E-state index in [-0.39, 0.29) is 30.4 Å². The number of aliphatic hydroxyl groups excluding tert-OH is 1. The number of piperidine rings is 1. The second-order valence-corrected chi connectivity index (χ2v) is 7.06. The lowest BCUT2D eigenvalue weighted by Gasteiger charge is -2.31. The van der Waals surface area contributed by atoms with E-state index < -0.39 is 0 Å². The Morgan fingerprint density at radius 2 is 1.84 bits per heavy atom. The molecule has 1 fully saturated rings. The first-order valence-electron chi connectivity index (χ1n) is 9.19. The van der Waals surface area contributed by atoms with Gasteiger partial charge in [-0.1, -0.05) is 38.1 Å². The van der Waals surface area contributed by atoms with Gasteiger partial charge < -0.3 is 14.9 Å². The molecule has 138 valence electrons. The highest BCUT2D eigenvalue weighted by Crippen LogP contribution is 2.20. The Balaban J connectivity index is 1.83. The summed E-state index contributed by atoms with van der Waals surface area (Å²) in [6, 6.07) is 8.38. The number of nitrogens with zero attached hydrogens (tertiary/aromatic N) is 2. The maximum absolute atomic E-state index is 12.4. The van der Waals surface area contributed by atoms with Crippen LogP contribution in [0.3, 0.4) is 0 Å². The topological polar surface area (TPSA) is 60.9 Å². The maximum Gasteiger partial charge on any atom is 0.242 e. The molecule has 1 N–H and O–H groups in total. The highest BCUT2D eigenvalue weighted by molar-refractivity contribution is 5.85. The number of amides is 2. The van der Waals surface area contributed by atoms with E-state index >= 15 is 0 Å². The van der Waals surface area contributed by atoms with Crippen LogP contribution in [0, 0.1) is 0 Å². The maximum atomic E-state index is 12.4. The number of aliphatic hydroxyl groups is 1. The van der Waals surface area contributed by atoms with E-state index in [1.807, 2.05) is 6.92 Å². The number of carbonyl (C=O) groups excluding carboxylic acids is 2. The zero-order valence-electron chi connectivity index (χ0n) is 15.6. The van der Waals surface area contributed by atoms with Gasteiger partial charge in [0.25, 0.3) is 0 Å². The average Bonchev–Trinajstić information content (AvgIpc) is 2.62. The van der Waals surface area contributed by atoms with Gasteiger partial charge in [-0.05, 0) is 36.3 Å². The lowest BCUT2D eigenvalue weighted by molar-refractivity contribution is -0.140. The third kappa shape index (κ3) is 5.56. The van der Waals surface area contributed by atoms with Crippen LogP contribution in [0.1, 0.15) is 50.2 Å². The minimum absolute atomic E-state index is 0.0162. The van der Waals surface area contributed by atoms with Gasteiger partial charge in [-0.3, -0.25) is 9.59 Å². The van der Waals surface area contributed by atoms with Crippen LogP contribution in [-0.2, 0) is 16.0 Å². The van der Waals surface area contributed by atoms with Crippen LogP contribution in [0.4, 0.5) is 0 Å². The average molecular weight is 346 g/mol. The summed E-state index contributed by atoms with van der Waals surface area (Å²) >= 11 is 0. The molecule has 1 atom stereocenters. The van der Waals surface area contributed by atoms with Crippen molar-refractivity contribution >= 4 is 11.8 Å². The molecule has 25 heavy (non-hydrogen) atoms. The summed E-state index contributed by atoms with van der Waals surface area (Å²) in [7, 11) is 1.69. The SMILES string of the molecule is CCc1ccc(C(C)CC(=O)N(C)CC(=O)N2CCC(O)CC2)cc1. The smallest absolute Gasteiger partial charge is 0.242 e. The van der Waals surface area contributed by atoms with Crippen molar-refractivity contribution in [1.29, 1.82) is 0 Å². The van der Waals surface area contributed by atoms with Crippen LogP contribution < -0.4 is 0 Å². The first-order valence-corrected chi connectivity index (χ1v) is 9.19. The van der Waals surface area contributed by atoms with Crippen molar-refractivity contribution in [3.05, 3.63) is 35.4 Å². The molecule has 0 aromatic heterocycles. The van der Waals surface area contributed by atoms with E-state index in [0.717, 1.165) is 12.0 Å². The molecule has 1 saturated heterocycles. The van der Waals surface area contributed by atoms with Crippen LogP contribution >= 0.6 is 0 Å². The predicted molar refractivity (Wildman–Crippen MR) is 98.3 cm³/mol. The van der Waals surface area contributed by atoms with Crippen LogP contribution in [-0.4, -0.2) is 59.5 Å². The summed E-state index contributed by atoms with van der Waals surface area (Å²) in [6.07, 6.45) is 2.34. The Morgan fingerprint density at radius 3 is 2.40 bits per heavy atom. The third-order valence-electron chi connectivity index (χ3n) is 5.05. The number of hydrogen-bond donors (Lipinski definition) is 1. The molecule has 1 aliphatic rings.